The molecule has 2 rings (SSSR count). The highest BCUT2D eigenvalue weighted by Crippen LogP contribution is 2.21. The topological polar surface area (TPSA) is 36.4 Å². The molecule has 4 heteroatoms. The second kappa shape index (κ2) is 6.71. The van der Waals surface area contributed by atoms with Gasteiger partial charge in [0.15, 0.2) is 0 Å². The molecule has 0 bridgehead atoms. The van der Waals surface area contributed by atoms with E-state index in [2.05, 4.69) is 9.88 Å². The van der Waals surface area contributed by atoms with Gasteiger partial charge < -0.3 is 10.0 Å². The second-order valence-electron chi connectivity index (χ2n) is 3.58. The molecular weight excluding hydrogens is 224 g/mol. The average molecular weight is 243 g/mol. The fourth-order valence-corrected chi connectivity index (χ4v) is 1.87. The minimum absolute atomic E-state index is 0.140. The van der Waals surface area contributed by atoms with E-state index in [-0.39, 0.29) is 6.10 Å². The molecule has 0 atom stereocenters. The van der Waals surface area contributed by atoms with Gasteiger partial charge in [0.25, 0.3) is 0 Å². The van der Waals surface area contributed by atoms with Gasteiger partial charge in [-0.3, -0.25) is 4.98 Å². The Morgan fingerprint density at radius 1 is 1.31 bits per heavy atom. The van der Waals surface area contributed by atoms with Crippen molar-refractivity contribution in [1.29, 1.82) is 0 Å². The Hall–Kier alpha value is -0.800. The first-order chi connectivity index (χ1) is 7.75. The third kappa shape index (κ3) is 3.65. The van der Waals surface area contributed by atoms with E-state index in [0.29, 0.717) is 5.02 Å². The van der Waals surface area contributed by atoms with Crippen LogP contribution in [0.3, 0.4) is 0 Å². The Morgan fingerprint density at radius 3 is 2.50 bits per heavy atom. The van der Waals surface area contributed by atoms with Crippen LogP contribution in [0, 0.1) is 0 Å². The van der Waals surface area contributed by atoms with Crippen LogP contribution < -0.4 is 4.90 Å². The lowest BCUT2D eigenvalue weighted by molar-refractivity contribution is 0.145. The normalized spacial score (nSPS) is 16.6. The Bertz CT molecular complexity index is 312. The molecule has 16 heavy (non-hydrogen) atoms. The Kier molecular flexibility index (Phi) is 5.56. The van der Waals surface area contributed by atoms with Crippen LogP contribution in [0.4, 0.5) is 5.69 Å². The maximum Gasteiger partial charge on any atom is 0.0609 e. The van der Waals surface area contributed by atoms with Crippen molar-refractivity contribution in [3.63, 3.8) is 0 Å². The van der Waals surface area contributed by atoms with Gasteiger partial charge in [-0.05, 0) is 18.9 Å². The standard InChI is InChI=1S/C10H13ClN2O.C2H6/c11-8-5-9(7-12-6-8)13-3-1-10(14)2-4-13;1-2/h5-7,10,14H,1-4H2;1-2H3. The lowest BCUT2D eigenvalue weighted by Gasteiger charge is -2.31. The lowest BCUT2D eigenvalue weighted by atomic mass is 10.1. The van der Waals surface area contributed by atoms with E-state index in [0.717, 1.165) is 31.6 Å². The number of piperidine rings is 1. The number of hydrogen-bond acceptors (Lipinski definition) is 3. The summed E-state index contributed by atoms with van der Waals surface area (Å²) in [5.41, 5.74) is 1.05. The van der Waals surface area contributed by atoms with E-state index in [1.165, 1.54) is 0 Å². The third-order valence-electron chi connectivity index (χ3n) is 2.52. The zero-order valence-corrected chi connectivity index (χ0v) is 10.6. The molecule has 0 aliphatic carbocycles. The molecule has 0 amide bonds. The molecule has 1 aliphatic heterocycles. The molecule has 0 unspecified atom stereocenters. The molecule has 1 aliphatic rings. The summed E-state index contributed by atoms with van der Waals surface area (Å²) in [7, 11) is 0. The van der Waals surface area contributed by atoms with Gasteiger partial charge in [0.2, 0.25) is 0 Å². The fraction of sp³-hybridized carbons (Fsp3) is 0.583. The summed E-state index contributed by atoms with van der Waals surface area (Å²) >= 11 is 5.85. The van der Waals surface area contributed by atoms with Crippen molar-refractivity contribution >= 4 is 17.3 Å². The highest BCUT2D eigenvalue weighted by molar-refractivity contribution is 6.30. The summed E-state index contributed by atoms with van der Waals surface area (Å²) in [6.07, 6.45) is 4.95. The zero-order valence-electron chi connectivity index (χ0n) is 9.86. The van der Waals surface area contributed by atoms with Crippen LogP contribution in [0.2, 0.25) is 5.02 Å². The number of rotatable bonds is 1. The highest BCUT2D eigenvalue weighted by atomic mass is 35.5. The predicted octanol–water partition coefficient (Wildman–Crippen LogP) is 2.72. The van der Waals surface area contributed by atoms with Gasteiger partial charge in [0, 0.05) is 19.3 Å². The number of nitrogens with zero attached hydrogens (tertiary/aromatic N) is 2. The number of aliphatic hydroxyl groups is 1. The molecule has 0 aromatic carbocycles. The maximum atomic E-state index is 9.36. The van der Waals surface area contributed by atoms with Gasteiger partial charge in [-0.2, -0.15) is 0 Å². The molecular formula is C12H19ClN2O. The van der Waals surface area contributed by atoms with Crippen LogP contribution >= 0.6 is 11.6 Å². The Balaban J connectivity index is 0.000000606. The largest absolute Gasteiger partial charge is 0.393 e. The van der Waals surface area contributed by atoms with Gasteiger partial charge in [-0.1, -0.05) is 25.4 Å². The molecule has 3 nitrogen and oxygen atoms in total. The number of pyridine rings is 1. The van der Waals surface area contributed by atoms with E-state index in [9.17, 15) is 5.11 Å². The van der Waals surface area contributed by atoms with Crippen molar-refractivity contribution in [3.05, 3.63) is 23.5 Å². The summed E-state index contributed by atoms with van der Waals surface area (Å²) in [6.45, 7) is 5.76. The van der Waals surface area contributed by atoms with E-state index < -0.39 is 0 Å². The first-order valence-corrected chi connectivity index (χ1v) is 6.17. The number of aromatic nitrogens is 1. The first-order valence-electron chi connectivity index (χ1n) is 5.79. The van der Waals surface area contributed by atoms with Crippen LogP contribution in [-0.2, 0) is 0 Å². The zero-order chi connectivity index (χ0) is 12.0. The minimum Gasteiger partial charge on any atom is -0.393 e. The van der Waals surface area contributed by atoms with Crippen molar-refractivity contribution in [2.24, 2.45) is 0 Å². The van der Waals surface area contributed by atoms with Gasteiger partial charge in [0.1, 0.15) is 0 Å². The summed E-state index contributed by atoms with van der Waals surface area (Å²) < 4.78 is 0. The van der Waals surface area contributed by atoms with Crippen molar-refractivity contribution in [3.8, 4) is 0 Å². The molecule has 1 aromatic rings. The molecule has 0 spiro atoms. The molecule has 1 N–H and O–H groups in total. The monoisotopic (exact) mass is 242 g/mol. The van der Waals surface area contributed by atoms with Crippen LogP contribution in [0.5, 0.6) is 0 Å². The number of halogens is 1. The quantitative estimate of drug-likeness (QED) is 0.823. The smallest absolute Gasteiger partial charge is 0.0609 e. The molecule has 1 fully saturated rings. The van der Waals surface area contributed by atoms with Crippen molar-refractivity contribution in [2.45, 2.75) is 32.8 Å². The van der Waals surface area contributed by atoms with Gasteiger partial charge in [-0.25, -0.2) is 0 Å². The predicted molar refractivity (Wildman–Crippen MR) is 68.0 cm³/mol. The van der Waals surface area contributed by atoms with E-state index in [1.807, 2.05) is 26.1 Å². The van der Waals surface area contributed by atoms with Crippen molar-refractivity contribution in [2.75, 3.05) is 18.0 Å². The van der Waals surface area contributed by atoms with Crippen molar-refractivity contribution < 1.29 is 5.11 Å². The summed E-state index contributed by atoms with van der Waals surface area (Å²) in [5.74, 6) is 0. The van der Waals surface area contributed by atoms with Gasteiger partial charge in [-0.15, -0.1) is 0 Å². The molecule has 1 aromatic heterocycles. The van der Waals surface area contributed by atoms with Crippen LogP contribution in [0.15, 0.2) is 18.5 Å². The van der Waals surface area contributed by atoms with Gasteiger partial charge >= 0.3 is 0 Å². The minimum atomic E-state index is -0.140. The van der Waals surface area contributed by atoms with E-state index in [4.69, 9.17) is 11.6 Å². The number of aliphatic hydroxyl groups excluding tert-OH is 1. The van der Waals surface area contributed by atoms with Crippen LogP contribution in [-0.4, -0.2) is 29.3 Å². The fourth-order valence-electron chi connectivity index (χ4n) is 1.70. The second-order valence-corrected chi connectivity index (χ2v) is 4.02. The highest BCUT2D eigenvalue weighted by Gasteiger charge is 2.17. The average Bonchev–Trinajstić information content (AvgIpc) is 2.32. The van der Waals surface area contributed by atoms with Gasteiger partial charge in [0.05, 0.1) is 23.0 Å². The lowest BCUT2D eigenvalue weighted by Crippen LogP contribution is -2.35. The molecule has 90 valence electrons. The molecule has 2 heterocycles. The van der Waals surface area contributed by atoms with E-state index >= 15 is 0 Å². The van der Waals surface area contributed by atoms with E-state index in [1.54, 1.807) is 6.20 Å². The Labute approximate surface area is 102 Å². The van der Waals surface area contributed by atoms with Crippen LogP contribution in [0.1, 0.15) is 26.7 Å². The molecule has 0 radical (unpaired) electrons. The summed E-state index contributed by atoms with van der Waals surface area (Å²) in [4.78, 5) is 6.24. The summed E-state index contributed by atoms with van der Waals surface area (Å²) in [5, 5.41) is 10.0. The van der Waals surface area contributed by atoms with Crippen LogP contribution in [0.25, 0.3) is 0 Å². The SMILES string of the molecule is CC.OC1CCN(c2cncc(Cl)c2)CC1. The molecule has 0 saturated carbocycles. The van der Waals surface area contributed by atoms with Crippen molar-refractivity contribution in [1.82, 2.24) is 4.98 Å². The molecule has 1 saturated heterocycles. The summed E-state index contributed by atoms with van der Waals surface area (Å²) in [6, 6.07) is 1.91. The number of anilines is 1. The first kappa shape index (κ1) is 13.3. The number of hydrogen-bond donors (Lipinski definition) is 1. The Morgan fingerprint density at radius 2 is 1.94 bits per heavy atom. The maximum absolute atomic E-state index is 9.36. The third-order valence-corrected chi connectivity index (χ3v) is 2.73.